The third-order valence-electron chi connectivity index (χ3n) is 4.23. The number of anilines is 1. The van der Waals surface area contributed by atoms with Crippen molar-refractivity contribution in [1.82, 2.24) is 0 Å². The van der Waals surface area contributed by atoms with Gasteiger partial charge >= 0.3 is 6.18 Å². The van der Waals surface area contributed by atoms with Crippen LogP contribution in [0.1, 0.15) is 28.4 Å². The quantitative estimate of drug-likeness (QED) is 0.520. The summed E-state index contributed by atoms with van der Waals surface area (Å²) in [6, 6.07) is 18.4. The summed E-state index contributed by atoms with van der Waals surface area (Å²) >= 11 is 0. The van der Waals surface area contributed by atoms with E-state index in [-0.39, 0.29) is 12.3 Å². The maximum absolute atomic E-state index is 12.7. The Hall–Kier alpha value is -3.48. The first kappa shape index (κ1) is 21.2. The van der Waals surface area contributed by atoms with Gasteiger partial charge in [0.2, 0.25) is 0 Å². The Balaban J connectivity index is 1.75. The minimum Gasteiger partial charge on any atom is -0.493 e. The first-order chi connectivity index (χ1) is 14.4. The van der Waals surface area contributed by atoms with Crippen LogP contribution in [0.4, 0.5) is 18.9 Å². The van der Waals surface area contributed by atoms with Gasteiger partial charge in [0, 0.05) is 16.8 Å². The lowest BCUT2D eigenvalue weighted by Gasteiger charge is -2.14. The van der Waals surface area contributed by atoms with E-state index >= 15 is 0 Å². The SMILES string of the molecule is CCOc1ccc(C(=O)Nc2ccc(C(F)(F)F)cc2)cc1COc1ccccc1. The molecule has 1 N–H and O–H groups in total. The number of para-hydroxylation sites is 1. The summed E-state index contributed by atoms with van der Waals surface area (Å²) in [7, 11) is 0. The van der Waals surface area contributed by atoms with Crippen LogP contribution < -0.4 is 14.8 Å². The number of hydrogen-bond donors (Lipinski definition) is 1. The molecule has 0 saturated heterocycles. The minimum atomic E-state index is -4.43. The number of ether oxygens (including phenoxy) is 2. The first-order valence-electron chi connectivity index (χ1n) is 9.29. The Morgan fingerprint density at radius 1 is 0.933 bits per heavy atom. The molecule has 0 atom stereocenters. The highest BCUT2D eigenvalue weighted by Crippen LogP contribution is 2.30. The van der Waals surface area contributed by atoms with Crippen LogP contribution >= 0.6 is 0 Å². The highest BCUT2D eigenvalue weighted by molar-refractivity contribution is 6.04. The van der Waals surface area contributed by atoms with Gasteiger partial charge in [-0.25, -0.2) is 0 Å². The first-order valence-corrected chi connectivity index (χ1v) is 9.29. The molecule has 0 aromatic heterocycles. The zero-order valence-corrected chi connectivity index (χ0v) is 16.2. The Morgan fingerprint density at radius 2 is 1.63 bits per heavy atom. The number of carbonyl (C=O) groups is 1. The lowest BCUT2D eigenvalue weighted by atomic mass is 10.1. The molecule has 0 radical (unpaired) electrons. The van der Waals surface area contributed by atoms with E-state index in [2.05, 4.69) is 5.32 Å². The molecule has 0 aliphatic carbocycles. The van der Waals surface area contributed by atoms with Crippen LogP contribution in [0, 0.1) is 0 Å². The van der Waals surface area contributed by atoms with E-state index in [9.17, 15) is 18.0 Å². The van der Waals surface area contributed by atoms with Gasteiger partial charge in [-0.3, -0.25) is 4.79 Å². The number of halogens is 3. The number of amides is 1. The van der Waals surface area contributed by atoms with E-state index < -0.39 is 17.6 Å². The van der Waals surface area contributed by atoms with Crippen molar-refractivity contribution in [3.8, 4) is 11.5 Å². The average Bonchev–Trinajstić information content (AvgIpc) is 2.73. The van der Waals surface area contributed by atoms with Gasteiger partial charge in [-0.2, -0.15) is 13.2 Å². The third-order valence-corrected chi connectivity index (χ3v) is 4.23. The second kappa shape index (κ2) is 9.35. The van der Waals surface area contributed by atoms with Gasteiger partial charge in [0.1, 0.15) is 18.1 Å². The molecule has 156 valence electrons. The van der Waals surface area contributed by atoms with E-state index in [0.29, 0.717) is 29.2 Å². The van der Waals surface area contributed by atoms with Gasteiger partial charge in [0.25, 0.3) is 5.91 Å². The zero-order valence-electron chi connectivity index (χ0n) is 16.2. The van der Waals surface area contributed by atoms with Crippen molar-refractivity contribution >= 4 is 11.6 Å². The zero-order chi connectivity index (χ0) is 21.6. The van der Waals surface area contributed by atoms with Crippen molar-refractivity contribution < 1.29 is 27.4 Å². The fourth-order valence-electron chi connectivity index (χ4n) is 2.75. The topological polar surface area (TPSA) is 47.6 Å². The molecule has 3 aromatic rings. The highest BCUT2D eigenvalue weighted by Gasteiger charge is 2.30. The van der Waals surface area contributed by atoms with Crippen LogP contribution in [0.25, 0.3) is 0 Å². The van der Waals surface area contributed by atoms with Crippen LogP contribution in [0.2, 0.25) is 0 Å². The molecule has 0 heterocycles. The van der Waals surface area contributed by atoms with Crippen LogP contribution in [0.15, 0.2) is 72.8 Å². The fraction of sp³-hybridized carbons (Fsp3) is 0.174. The smallest absolute Gasteiger partial charge is 0.416 e. The monoisotopic (exact) mass is 415 g/mol. The number of rotatable bonds is 7. The number of hydrogen-bond acceptors (Lipinski definition) is 3. The molecule has 3 aromatic carbocycles. The summed E-state index contributed by atoms with van der Waals surface area (Å²) < 4.78 is 49.4. The van der Waals surface area contributed by atoms with E-state index in [1.165, 1.54) is 12.1 Å². The Labute approximate surface area is 172 Å². The summed E-state index contributed by atoms with van der Waals surface area (Å²) in [6.45, 7) is 2.50. The molecule has 0 bridgehead atoms. The second-order valence-corrected chi connectivity index (χ2v) is 6.39. The van der Waals surface area contributed by atoms with Crippen LogP contribution in [0.3, 0.4) is 0 Å². The lowest BCUT2D eigenvalue weighted by molar-refractivity contribution is -0.137. The molecule has 0 spiro atoms. The van der Waals surface area contributed by atoms with Crippen molar-refractivity contribution in [1.29, 1.82) is 0 Å². The molecule has 0 aliphatic heterocycles. The standard InChI is InChI=1S/C23H20F3NO3/c1-2-29-21-13-8-16(14-17(21)15-30-20-6-4-3-5-7-20)22(28)27-19-11-9-18(10-12-19)23(24,25)26/h3-14H,2,15H2,1H3,(H,27,28). The Kier molecular flexibility index (Phi) is 6.61. The van der Waals surface area contributed by atoms with Gasteiger partial charge in [-0.05, 0) is 61.5 Å². The Bertz CT molecular complexity index is 987. The maximum Gasteiger partial charge on any atom is 0.416 e. The molecule has 3 rings (SSSR count). The predicted molar refractivity (Wildman–Crippen MR) is 108 cm³/mol. The summed E-state index contributed by atoms with van der Waals surface area (Å²) in [6.07, 6.45) is -4.43. The summed E-state index contributed by atoms with van der Waals surface area (Å²) in [5, 5.41) is 2.60. The molecule has 4 nitrogen and oxygen atoms in total. The van der Waals surface area contributed by atoms with E-state index in [4.69, 9.17) is 9.47 Å². The fourth-order valence-corrected chi connectivity index (χ4v) is 2.75. The number of alkyl halides is 3. The summed E-state index contributed by atoms with van der Waals surface area (Å²) in [5.41, 5.74) is 0.511. The molecule has 30 heavy (non-hydrogen) atoms. The molecule has 0 fully saturated rings. The summed E-state index contributed by atoms with van der Waals surface area (Å²) in [5.74, 6) is 0.831. The molecule has 0 aliphatic rings. The maximum atomic E-state index is 12.7. The average molecular weight is 415 g/mol. The second-order valence-electron chi connectivity index (χ2n) is 6.39. The van der Waals surface area contributed by atoms with Crippen molar-refractivity contribution in [2.75, 3.05) is 11.9 Å². The summed E-state index contributed by atoms with van der Waals surface area (Å²) in [4.78, 5) is 12.6. The minimum absolute atomic E-state index is 0.195. The van der Waals surface area contributed by atoms with Gasteiger partial charge in [0.15, 0.2) is 0 Å². The number of carbonyl (C=O) groups excluding carboxylic acids is 1. The number of benzene rings is 3. The predicted octanol–water partition coefficient (Wildman–Crippen LogP) is 5.94. The third kappa shape index (κ3) is 5.53. The van der Waals surface area contributed by atoms with Crippen LogP contribution in [0.5, 0.6) is 11.5 Å². The van der Waals surface area contributed by atoms with Crippen molar-refractivity contribution in [2.24, 2.45) is 0 Å². The van der Waals surface area contributed by atoms with Crippen LogP contribution in [-0.2, 0) is 12.8 Å². The van der Waals surface area contributed by atoms with Gasteiger partial charge in [-0.1, -0.05) is 18.2 Å². The van der Waals surface area contributed by atoms with Crippen LogP contribution in [-0.4, -0.2) is 12.5 Å². The van der Waals surface area contributed by atoms with Crippen molar-refractivity contribution in [2.45, 2.75) is 19.7 Å². The Morgan fingerprint density at radius 3 is 2.27 bits per heavy atom. The van der Waals surface area contributed by atoms with Crippen molar-refractivity contribution in [3.63, 3.8) is 0 Å². The molecular weight excluding hydrogens is 395 g/mol. The lowest BCUT2D eigenvalue weighted by Crippen LogP contribution is -2.13. The van der Waals surface area contributed by atoms with Gasteiger partial charge in [-0.15, -0.1) is 0 Å². The van der Waals surface area contributed by atoms with Gasteiger partial charge < -0.3 is 14.8 Å². The van der Waals surface area contributed by atoms with E-state index in [1.54, 1.807) is 18.2 Å². The molecular formula is C23H20F3NO3. The number of nitrogens with one attached hydrogen (secondary N) is 1. The normalized spacial score (nSPS) is 11.1. The van der Waals surface area contributed by atoms with Gasteiger partial charge in [0.05, 0.1) is 12.2 Å². The highest BCUT2D eigenvalue weighted by atomic mass is 19.4. The van der Waals surface area contributed by atoms with E-state index in [1.807, 2.05) is 37.3 Å². The molecule has 1 amide bonds. The molecule has 7 heteroatoms. The van der Waals surface area contributed by atoms with Crippen molar-refractivity contribution in [3.05, 3.63) is 89.5 Å². The molecule has 0 saturated carbocycles. The largest absolute Gasteiger partial charge is 0.493 e. The van der Waals surface area contributed by atoms with E-state index in [0.717, 1.165) is 12.1 Å². The molecule has 0 unspecified atom stereocenters.